The molecule has 0 spiro atoms. The number of hydrogen-bond acceptors (Lipinski definition) is 4. The number of nitrogens with zero attached hydrogens (tertiary/aromatic N) is 2. The van der Waals surface area contributed by atoms with Crippen LogP contribution in [0.25, 0.3) is 22.2 Å². The largest absolute Gasteiger partial charge is 0.382 e. The normalized spacial score (nSPS) is 11.3. The Bertz CT molecular complexity index is 848. The Morgan fingerprint density at radius 2 is 1.92 bits per heavy atom. The molecular formula is C19H26ClN5. The number of aromatic amines is 1. The van der Waals surface area contributed by atoms with Crippen LogP contribution in [0.4, 0.5) is 5.82 Å². The third-order valence-electron chi connectivity index (χ3n) is 4.47. The van der Waals surface area contributed by atoms with Gasteiger partial charge in [-0.2, -0.15) is 0 Å². The van der Waals surface area contributed by atoms with Crippen LogP contribution in [0.3, 0.4) is 0 Å². The van der Waals surface area contributed by atoms with Crippen LogP contribution >= 0.6 is 11.6 Å². The van der Waals surface area contributed by atoms with Gasteiger partial charge in [0.05, 0.1) is 22.6 Å². The number of H-pyrrole nitrogens is 1. The zero-order valence-electron chi connectivity index (χ0n) is 15.2. The molecule has 0 saturated heterocycles. The number of halogens is 1. The fourth-order valence-corrected chi connectivity index (χ4v) is 2.57. The first-order valence-corrected chi connectivity index (χ1v) is 8.80. The molecule has 3 rings (SSSR count). The molecular weight excluding hydrogens is 334 g/mol. The summed E-state index contributed by atoms with van der Waals surface area (Å²) in [6.45, 7) is 8.19. The van der Waals surface area contributed by atoms with Gasteiger partial charge < -0.3 is 16.5 Å². The number of rotatable bonds is 3. The smallest absolute Gasteiger partial charge is 0.142 e. The van der Waals surface area contributed by atoms with Crippen molar-refractivity contribution in [3.63, 3.8) is 0 Å². The molecule has 3 aromatic rings. The maximum atomic E-state index is 6.24. The minimum Gasteiger partial charge on any atom is -0.382 e. The summed E-state index contributed by atoms with van der Waals surface area (Å²) in [5.74, 6) is 0.420. The van der Waals surface area contributed by atoms with E-state index in [1.807, 2.05) is 31.3 Å². The number of nitrogens with two attached hydrogens (primary N) is 2. The van der Waals surface area contributed by atoms with Crippen molar-refractivity contribution in [3.05, 3.63) is 41.3 Å². The standard InChI is InChI=1S/C13H11ClN4.C6H15N/c1-7-13(17-6-12(15)18-7)8-4-10(14)9-2-3-16-11(9)5-8;1-4-6(3,7)5-2/h2-6,16H,1H3,(H2,15,18);4-5,7H2,1-3H3. The molecule has 5 N–H and O–H groups in total. The minimum absolute atomic E-state index is 0.0833. The van der Waals surface area contributed by atoms with E-state index in [0.717, 1.165) is 40.7 Å². The van der Waals surface area contributed by atoms with Gasteiger partial charge in [0.2, 0.25) is 0 Å². The zero-order chi connectivity index (χ0) is 18.6. The lowest BCUT2D eigenvalue weighted by Gasteiger charge is -2.18. The van der Waals surface area contributed by atoms with Gasteiger partial charge in [-0.05, 0) is 44.9 Å². The minimum atomic E-state index is 0.0833. The predicted molar refractivity (Wildman–Crippen MR) is 107 cm³/mol. The fraction of sp³-hybridized carbons (Fsp3) is 0.368. The highest BCUT2D eigenvalue weighted by Crippen LogP contribution is 2.30. The number of nitrogen functional groups attached to an aromatic ring is 1. The van der Waals surface area contributed by atoms with E-state index in [2.05, 4.69) is 35.7 Å². The number of anilines is 1. The molecule has 6 heteroatoms. The molecule has 0 aliphatic heterocycles. The Labute approximate surface area is 153 Å². The molecule has 0 aliphatic rings. The van der Waals surface area contributed by atoms with Crippen molar-refractivity contribution in [1.82, 2.24) is 15.0 Å². The van der Waals surface area contributed by atoms with Crippen LogP contribution < -0.4 is 11.5 Å². The first kappa shape index (κ1) is 19.2. The molecule has 25 heavy (non-hydrogen) atoms. The van der Waals surface area contributed by atoms with Gasteiger partial charge in [0.1, 0.15) is 5.82 Å². The van der Waals surface area contributed by atoms with Crippen molar-refractivity contribution >= 4 is 28.3 Å². The second kappa shape index (κ2) is 7.85. The Kier molecular flexibility index (Phi) is 6.03. The van der Waals surface area contributed by atoms with E-state index >= 15 is 0 Å². The van der Waals surface area contributed by atoms with E-state index in [4.69, 9.17) is 23.1 Å². The van der Waals surface area contributed by atoms with Crippen molar-refractivity contribution in [1.29, 1.82) is 0 Å². The lowest BCUT2D eigenvalue weighted by atomic mass is 9.98. The number of nitrogens with one attached hydrogen (secondary N) is 1. The van der Waals surface area contributed by atoms with Gasteiger partial charge in [0, 0.05) is 28.2 Å². The van der Waals surface area contributed by atoms with Crippen molar-refractivity contribution < 1.29 is 0 Å². The molecule has 2 aromatic heterocycles. The molecule has 0 amide bonds. The van der Waals surface area contributed by atoms with Gasteiger partial charge in [-0.25, -0.2) is 4.98 Å². The van der Waals surface area contributed by atoms with Crippen LogP contribution in [0.15, 0.2) is 30.6 Å². The van der Waals surface area contributed by atoms with Gasteiger partial charge in [-0.15, -0.1) is 0 Å². The second-order valence-corrected chi connectivity index (χ2v) is 6.89. The van der Waals surface area contributed by atoms with Gasteiger partial charge in [-0.1, -0.05) is 25.4 Å². The summed E-state index contributed by atoms with van der Waals surface area (Å²) in [7, 11) is 0. The van der Waals surface area contributed by atoms with Gasteiger partial charge >= 0.3 is 0 Å². The van der Waals surface area contributed by atoms with Crippen LogP contribution in [-0.2, 0) is 0 Å². The number of hydrogen-bond donors (Lipinski definition) is 3. The van der Waals surface area contributed by atoms with Gasteiger partial charge in [0.25, 0.3) is 0 Å². The molecule has 0 saturated carbocycles. The third-order valence-corrected chi connectivity index (χ3v) is 4.79. The van der Waals surface area contributed by atoms with Crippen LogP contribution in [0.5, 0.6) is 0 Å². The summed E-state index contributed by atoms with van der Waals surface area (Å²) in [6.07, 6.45) is 5.56. The predicted octanol–water partition coefficient (Wildman–Crippen LogP) is 4.69. The van der Waals surface area contributed by atoms with E-state index in [1.54, 1.807) is 6.20 Å². The van der Waals surface area contributed by atoms with Crippen LogP contribution in [-0.4, -0.2) is 20.5 Å². The van der Waals surface area contributed by atoms with E-state index in [1.165, 1.54) is 0 Å². The highest BCUT2D eigenvalue weighted by Gasteiger charge is 2.10. The molecule has 0 atom stereocenters. The fourth-order valence-electron chi connectivity index (χ4n) is 2.29. The Balaban J connectivity index is 0.000000277. The number of fused-ring (bicyclic) bond motifs is 1. The van der Waals surface area contributed by atoms with Gasteiger partial charge in [0.15, 0.2) is 0 Å². The summed E-state index contributed by atoms with van der Waals surface area (Å²) in [6, 6.07) is 5.85. The summed E-state index contributed by atoms with van der Waals surface area (Å²) in [4.78, 5) is 11.7. The number of benzene rings is 1. The monoisotopic (exact) mass is 359 g/mol. The van der Waals surface area contributed by atoms with Crippen LogP contribution in [0, 0.1) is 6.92 Å². The lowest BCUT2D eigenvalue weighted by molar-refractivity contribution is 0.437. The second-order valence-electron chi connectivity index (χ2n) is 6.49. The van der Waals surface area contributed by atoms with E-state index in [-0.39, 0.29) is 5.54 Å². The topological polar surface area (TPSA) is 93.6 Å². The van der Waals surface area contributed by atoms with E-state index in [0.29, 0.717) is 10.8 Å². The average Bonchev–Trinajstić information content (AvgIpc) is 3.04. The lowest BCUT2D eigenvalue weighted by Crippen LogP contribution is -2.33. The molecule has 0 aliphatic carbocycles. The Hall–Kier alpha value is -2.11. The Morgan fingerprint density at radius 1 is 1.24 bits per heavy atom. The zero-order valence-corrected chi connectivity index (χ0v) is 16.0. The van der Waals surface area contributed by atoms with Crippen LogP contribution in [0.2, 0.25) is 5.02 Å². The average molecular weight is 360 g/mol. The maximum Gasteiger partial charge on any atom is 0.142 e. The number of aryl methyl sites for hydroxylation is 1. The molecule has 134 valence electrons. The first-order valence-electron chi connectivity index (χ1n) is 8.42. The van der Waals surface area contributed by atoms with E-state index in [9.17, 15) is 0 Å². The molecule has 0 radical (unpaired) electrons. The third kappa shape index (κ3) is 4.71. The summed E-state index contributed by atoms with van der Waals surface area (Å²) < 4.78 is 0. The molecule has 0 fully saturated rings. The first-order chi connectivity index (χ1) is 11.8. The molecule has 2 heterocycles. The number of aromatic nitrogens is 3. The van der Waals surface area contributed by atoms with E-state index < -0.39 is 0 Å². The highest BCUT2D eigenvalue weighted by atomic mass is 35.5. The molecule has 0 bridgehead atoms. The summed E-state index contributed by atoms with van der Waals surface area (Å²) in [5, 5.41) is 1.70. The quantitative estimate of drug-likeness (QED) is 0.632. The SMILES string of the molecule is CCC(C)(N)CC.Cc1nc(N)cnc1-c1cc(Cl)c2cc[nH]c2c1. The van der Waals surface area contributed by atoms with Gasteiger partial charge in [-0.3, -0.25) is 4.98 Å². The molecule has 0 unspecified atom stereocenters. The highest BCUT2D eigenvalue weighted by molar-refractivity contribution is 6.35. The van der Waals surface area contributed by atoms with Crippen molar-refractivity contribution in [2.24, 2.45) is 5.73 Å². The summed E-state index contributed by atoms with van der Waals surface area (Å²) in [5.41, 5.74) is 14.9. The molecule has 1 aromatic carbocycles. The Morgan fingerprint density at radius 3 is 2.48 bits per heavy atom. The molecule has 5 nitrogen and oxygen atoms in total. The maximum absolute atomic E-state index is 6.24. The van der Waals surface area contributed by atoms with Crippen molar-refractivity contribution in [3.8, 4) is 11.3 Å². The van der Waals surface area contributed by atoms with Crippen LogP contribution in [0.1, 0.15) is 39.3 Å². The summed E-state index contributed by atoms with van der Waals surface area (Å²) >= 11 is 6.24. The van der Waals surface area contributed by atoms with Crippen molar-refractivity contribution in [2.45, 2.75) is 46.1 Å². The van der Waals surface area contributed by atoms with Crippen molar-refractivity contribution in [2.75, 3.05) is 5.73 Å².